The third-order valence-electron chi connectivity index (χ3n) is 6.67. The summed E-state index contributed by atoms with van der Waals surface area (Å²) in [4.78, 5) is 25.9. The van der Waals surface area contributed by atoms with Gasteiger partial charge in [0.05, 0.1) is 23.8 Å². The number of aliphatic hydroxyl groups is 2. The number of carbonyl (C=O) groups excluding carboxylic acids is 2. The molecule has 2 saturated heterocycles. The summed E-state index contributed by atoms with van der Waals surface area (Å²) in [5.74, 6) is -0.494. The Hall–Kier alpha value is -1.22. The molecule has 27 heavy (non-hydrogen) atoms. The lowest BCUT2D eigenvalue weighted by atomic mass is 9.72. The van der Waals surface area contributed by atoms with Gasteiger partial charge in [0.25, 0.3) is 0 Å². The van der Waals surface area contributed by atoms with Gasteiger partial charge in [-0.25, -0.2) is 0 Å². The number of nitrogens with two attached hydrogens (primary N) is 1. The average Bonchev–Trinajstić information content (AvgIpc) is 2.62. The Morgan fingerprint density at radius 2 is 1.78 bits per heavy atom. The minimum Gasteiger partial charge on any atom is -0.393 e. The highest BCUT2D eigenvalue weighted by Crippen LogP contribution is 2.40. The Morgan fingerprint density at radius 1 is 1.15 bits per heavy atom. The topological polar surface area (TPSA) is 125 Å². The lowest BCUT2D eigenvalue weighted by Gasteiger charge is -2.53. The van der Waals surface area contributed by atoms with E-state index in [1.165, 1.54) is 0 Å². The summed E-state index contributed by atoms with van der Waals surface area (Å²) in [5, 5.41) is 23.9. The molecule has 3 fully saturated rings. The highest BCUT2D eigenvalue weighted by Gasteiger charge is 2.54. The Labute approximate surface area is 160 Å². The van der Waals surface area contributed by atoms with Crippen molar-refractivity contribution in [2.75, 3.05) is 26.2 Å². The van der Waals surface area contributed by atoms with Crippen LogP contribution in [0.1, 0.15) is 51.9 Å². The smallest absolute Gasteiger partial charge is 0.231 e. The predicted molar refractivity (Wildman–Crippen MR) is 98.7 cm³/mol. The van der Waals surface area contributed by atoms with E-state index in [4.69, 9.17) is 10.5 Å². The highest BCUT2D eigenvalue weighted by atomic mass is 16.5. The fourth-order valence-electron chi connectivity index (χ4n) is 4.84. The number of likely N-dealkylation sites (tertiary alicyclic amines) is 1. The van der Waals surface area contributed by atoms with Gasteiger partial charge in [0, 0.05) is 25.6 Å². The second-order valence-electron chi connectivity index (χ2n) is 8.72. The molecule has 2 atom stereocenters. The van der Waals surface area contributed by atoms with E-state index in [1.807, 2.05) is 11.8 Å². The lowest BCUT2D eigenvalue weighted by molar-refractivity contribution is -0.208. The largest absolute Gasteiger partial charge is 0.393 e. The van der Waals surface area contributed by atoms with E-state index in [2.05, 4.69) is 5.32 Å². The van der Waals surface area contributed by atoms with Crippen molar-refractivity contribution in [3.63, 3.8) is 0 Å². The maximum Gasteiger partial charge on any atom is 0.231 e. The summed E-state index contributed by atoms with van der Waals surface area (Å²) in [6, 6.07) is 0. The zero-order chi connectivity index (χ0) is 19.7. The molecular formula is C19H33N3O5. The first kappa shape index (κ1) is 20.5. The third kappa shape index (κ3) is 4.45. The van der Waals surface area contributed by atoms with Crippen LogP contribution in [-0.2, 0) is 14.3 Å². The molecule has 3 rings (SSSR count). The lowest BCUT2D eigenvalue weighted by Crippen LogP contribution is -2.69. The van der Waals surface area contributed by atoms with Gasteiger partial charge in [0.15, 0.2) is 0 Å². The summed E-state index contributed by atoms with van der Waals surface area (Å²) >= 11 is 0. The molecule has 2 aliphatic heterocycles. The fourth-order valence-corrected chi connectivity index (χ4v) is 4.84. The Morgan fingerprint density at radius 3 is 2.37 bits per heavy atom. The van der Waals surface area contributed by atoms with Crippen molar-refractivity contribution in [2.24, 2.45) is 11.7 Å². The molecule has 1 spiro atoms. The van der Waals surface area contributed by atoms with Crippen LogP contribution in [0, 0.1) is 5.92 Å². The number of amides is 2. The van der Waals surface area contributed by atoms with Crippen LogP contribution >= 0.6 is 0 Å². The highest BCUT2D eigenvalue weighted by molar-refractivity contribution is 5.79. The molecule has 0 radical (unpaired) electrons. The van der Waals surface area contributed by atoms with Crippen LogP contribution < -0.4 is 11.1 Å². The quantitative estimate of drug-likeness (QED) is 0.519. The minimum absolute atomic E-state index is 0.0355. The number of hydrogen-bond donors (Lipinski definition) is 4. The van der Waals surface area contributed by atoms with Gasteiger partial charge in [-0.05, 0) is 51.9 Å². The molecule has 3 aliphatic rings. The number of nitrogens with one attached hydrogen (secondary N) is 1. The van der Waals surface area contributed by atoms with Gasteiger partial charge in [-0.1, -0.05) is 0 Å². The van der Waals surface area contributed by atoms with Gasteiger partial charge in [-0.2, -0.15) is 0 Å². The number of ether oxygens (including phenoxy) is 1. The van der Waals surface area contributed by atoms with E-state index in [0.717, 1.165) is 0 Å². The minimum atomic E-state index is -0.812. The molecule has 0 aromatic rings. The monoisotopic (exact) mass is 383 g/mol. The molecule has 0 aromatic heterocycles. The van der Waals surface area contributed by atoms with Crippen LogP contribution in [-0.4, -0.2) is 76.5 Å². The molecule has 1 saturated carbocycles. The summed E-state index contributed by atoms with van der Waals surface area (Å²) in [7, 11) is 0. The van der Waals surface area contributed by atoms with Gasteiger partial charge >= 0.3 is 0 Å². The van der Waals surface area contributed by atoms with E-state index in [1.54, 1.807) is 0 Å². The Bertz CT molecular complexity index is 556. The molecule has 8 heteroatoms. The van der Waals surface area contributed by atoms with Crippen molar-refractivity contribution < 1.29 is 24.5 Å². The molecule has 8 nitrogen and oxygen atoms in total. The van der Waals surface area contributed by atoms with E-state index in [9.17, 15) is 19.8 Å². The van der Waals surface area contributed by atoms with Crippen molar-refractivity contribution in [3.05, 3.63) is 0 Å². The van der Waals surface area contributed by atoms with Crippen LogP contribution in [0.15, 0.2) is 0 Å². The first-order valence-electron chi connectivity index (χ1n) is 10.1. The van der Waals surface area contributed by atoms with Gasteiger partial charge in [0.2, 0.25) is 11.8 Å². The molecule has 0 unspecified atom stereocenters. The first-order valence-corrected chi connectivity index (χ1v) is 10.1. The molecule has 2 amide bonds. The molecule has 2 heterocycles. The van der Waals surface area contributed by atoms with Crippen molar-refractivity contribution in [1.29, 1.82) is 0 Å². The summed E-state index contributed by atoms with van der Waals surface area (Å²) in [5.41, 5.74) is 3.84. The fraction of sp³-hybridized carbons (Fsp3) is 0.895. The molecule has 154 valence electrons. The summed E-state index contributed by atoms with van der Waals surface area (Å²) in [6.45, 7) is 3.85. The predicted octanol–water partition coefficient (Wildman–Crippen LogP) is -0.486. The van der Waals surface area contributed by atoms with Crippen LogP contribution in [0.2, 0.25) is 0 Å². The number of carbonyl (C=O) groups is 2. The van der Waals surface area contributed by atoms with Crippen molar-refractivity contribution in [1.82, 2.24) is 10.2 Å². The Kier molecular flexibility index (Phi) is 6.10. The van der Waals surface area contributed by atoms with Gasteiger partial charge in [-0.15, -0.1) is 0 Å². The summed E-state index contributed by atoms with van der Waals surface area (Å²) < 4.78 is 6.03. The molecule has 1 aliphatic carbocycles. The average molecular weight is 383 g/mol. The third-order valence-corrected chi connectivity index (χ3v) is 6.67. The number of hydrogen-bond acceptors (Lipinski definition) is 6. The maximum absolute atomic E-state index is 12.8. The summed E-state index contributed by atoms with van der Waals surface area (Å²) in [6.07, 6.45) is 3.32. The number of rotatable bonds is 4. The zero-order valence-corrected chi connectivity index (χ0v) is 16.2. The van der Waals surface area contributed by atoms with Crippen LogP contribution in [0.4, 0.5) is 0 Å². The zero-order valence-electron chi connectivity index (χ0n) is 16.2. The Balaban J connectivity index is 1.62. The molecule has 0 bridgehead atoms. The van der Waals surface area contributed by atoms with Crippen molar-refractivity contribution in [3.8, 4) is 0 Å². The molecule has 5 N–H and O–H groups in total. The number of piperidine rings is 1. The van der Waals surface area contributed by atoms with Crippen LogP contribution in [0.5, 0.6) is 0 Å². The van der Waals surface area contributed by atoms with E-state index >= 15 is 0 Å². The van der Waals surface area contributed by atoms with Crippen molar-refractivity contribution >= 4 is 11.8 Å². The second-order valence-corrected chi connectivity index (χ2v) is 8.72. The number of primary amides is 1. The van der Waals surface area contributed by atoms with E-state index < -0.39 is 17.2 Å². The molecular weight excluding hydrogens is 350 g/mol. The van der Waals surface area contributed by atoms with Gasteiger partial charge < -0.3 is 26.0 Å². The normalized spacial score (nSPS) is 37.1. The standard InChI is InChI=1S/C19H33N3O5/c1-18(21-16(25)13-2-4-14(23)5-3-13)8-11-27-19(17(18)26)6-9-22(10-7-19)12-15(20)24/h13-14,17,23,26H,2-12H2,1H3,(H2,20,24)(H,21,25)/t13?,14?,17-,18+/m0/s1. The SMILES string of the molecule is C[C@@]1(NC(=O)C2CCC(O)CC2)CCOC2(CCN(CC(N)=O)CC2)[C@H]1O. The van der Waals surface area contributed by atoms with E-state index in [-0.39, 0.29) is 30.4 Å². The van der Waals surface area contributed by atoms with Crippen LogP contribution in [0.25, 0.3) is 0 Å². The second kappa shape index (κ2) is 8.03. The number of nitrogens with zero attached hydrogens (tertiary/aromatic N) is 1. The van der Waals surface area contributed by atoms with Crippen molar-refractivity contribution in [2.45, 2.75) is 75.2 Å². The maximum atomic E-state index is 12.8. The van der Waals surface area contributed by atoms with Crippen LogP contribution in [0.3, 0.4) is 0 Å². The number of aliphatic hydroxyl groups excluding tert-OH is 2. The van der Waals surface area contributed by atoms with Gasteiger partial charge in [0.1, 0.15) is 6.10 Å². The van der Waals surface area contributed by atoms with E-state index in [0.29, 0.717) is 64.6 Å². The first-order chi connectivity index (χ1) is 12.7. The van der Waals surface area contributed by atoms with Gasteiger partial charge in [-0.3, -0.25) is 14.5 Å². The molecule has 0 aromatic carbocycles.